The quantitative estimate of drug-likeness (QED) is 0.580. The fourth-order valence-corrected chi connectivity index (χ4v) is 0.934. The Morgan fingerprint density at radius 3 is 2.40 bits per heavy atom. The zero-order valence-electron chi connectivity index (χ0n) is 5.92. The van der Waals surface area contributed by atoms with Crippen molar-refractivity contribution in [1.82, 2.24) is 0 Å². The topological polar surface area (TPSA) is 9.23 Å². The van der Waals surface area contributed by atoms with Crippen molar-refractivity contribution < 1.29 is 4.43 Å². The molecule has 0 amide bonds. The lowest BCUT2D eigenvalue weighted by Gasteiger charge is -1.98. The fraction of sp³-hybridized carbons (Fsp3) is 0.250. The lowest BCUT2D eigenvalue weighted by Crippen LogP contribution is -1.87. The van der Waals surface area contributed by atoms with Gasteiger partial charge < -0.3 is 4.43 Å². The van der Waals surface area contributed by atoms with Crippen LogP contribution < -0.4 is 0 Å². The van der Waals surface area contributed by atoms with Crippen LogP contribution in [0.15, 0.2) is 24.3 Å². The fourth-order valence-electron chi connectivity index (χ4n) is 0.768. The maximum atomic E-state index is 4.77. The van der Waals surface area contributed by atoms with E-state index in [0.29, 0.717) is 6.61 Å². The molecular weight excluding hydrogens is 140 g/mol. The van der Waals surface area contributed by atoms with Gasteiger partial charge in [0.05, 0.1) is 6.61 Å². The summed E-state index contributed by atoms with van der Waals surface area (Å²) in [6.45, 7) is 2.69. The normalized spacial score (nSPS) is 9.80. The SMILES string of the molecule is Cc1ccc(CO[Si])cc1. The standard InChI is InChI=1S/C8H9OSi/c1-7-2-4-8(5-3-7)6-9-10/h2-5H,6H2,1H3. The Balaban J connectivity index is 2.69. The molecule has 10 heavy (non-hydrogen) atoms. The van der Waals surface area contributed by atoms with Gasteiger partial charge in [0, 0.05) is 0 Å². The molecule has 3 radical (unpaired) electrons. The molecule has 51 valence electrons. The highest BCUT2D eigenvalue weighted by molar-refractivity contribution is 5.97. The number of aryl methyl sites for hydroxylation is 1. The summed E-state index contributed by atoms with van der Waals surface area (Å²) < 4.78 is 4.77. The molecule has 1 aromatic rings. The summed E-state index contributed by atoms with van der Waals surface area (Å²) in [6.07, 6.45) is 0. The van der Waals surface area contributed by atoms with E-state index in [0.717, 1.165) is 0 Å². The smallest absolute Gasteiger partial charge is 0.246 e. The summed E-state index contributed by atoms with van der Waals surface area (Å²) >= 11 is 0. The lowest BCUT2D eigenvalue weighted by molar-refractivity contribution is 0.338. The average Bonchev–Trinajstić information content (AvgIpc) is 1.95. The summed E-state index contributed by atoms with van der Waals surface area (Å²) in [5.41, 5.74) is 2.46. The number of hydrogen-bond donors (Lipinski definition) is 0. The van der Waals surface area contributed by atoms with Crippen molar-refractivity contribution in [1.29, 1.82) is 0 Å². The van der Waals surface area contributed by atoms with Gasteiger partial charge in [-0.15, -0.1) is 0 Å². The van der Waals surface area contributed by atoms with Gasteiger partial charge in [-0.1, -0.05) is 29.8 Å². The minimum atomic E-state index is 0.622. The van der Waals surface area contributed by atoms with Crippen LogP contribution in [0.2, 0.25) is 0 Å². The minimum Gasteiger partial charge on any atom is -0.414 e. The van der Waals surface area contributed by atoms with Crippen molar-refractivity contribution in [2.24, 2.45) is 0 Å². The van der Waals surface area contributed by atoms with Gasteiger partial charge in [-0.05, 0) is 12.5 Å². The number of benzene rings is 1. The van der Waals surface area contributed by atoms with E-state index in [9.17, 15) is 0 Å². The molecule has 0 bridgehead atoms. The van der Waals surface area contributed by atoms with Gasteiger partial charge in [-0.2, -0.15) is 0 Å². The third kappa shape index (κ3) is 1.97. The zero-order chi connectivity index (χ0) is 7.40. The molecule has 0 aliphatic heterocycles. The van der Waals surface area contributed by atoms with Gasteiger partial charge in [-0.3, -0.25) is 0 Å². The molecule has 0 unspecified atom stereocenters. The molecule has 0 aromatic heterocycles. The van der Waals surface area contributed by atoms with Gasteiger partial charge in [0.2, 0.25) is 10.5 Å². The van der Waals surface area contributed by atoms with Gasteiger partial charge in [0.15, 0.2) is 0 Å². The molecule has 0 atom stereocenters. The lowest BCUT2D eigenvalue weighted by atomic mass is 10.2. The first kappa shape index (κ1) is 7.50. The van der Waals surface area contributed by atoms with Crippen LogP contribution in [-0.4, -0.2) is 10.5 Å². The second-order valence-electron chi connectivity index (χ2n) is 2.27. The second-order valence-corrected chi connectivity index (χ2v) is 2.56. The summed E-state index contributed by atoms with van der Waals surface area (Å²) in [5.74, 6) is 0. The maximum Gasteiger partial charge on any atom is 0.246 e. The minimum absolute atomic E-state index is 0.622. The van der Waals surface area contributed by atoms with E-state index < -0.39 is 0 Å². The average molecular weight is 149 g/mol. The van der Waals surface area contributed by atoms with Crippen LogP contribution in [0.1, 0.15) is 11.1 Å². The highest BCUT2D eigenvalue weighted by Gasteiger charge is 1.88. The van der Waals surface area contributed by atoms with Crippen molar-refractivity contribution in [2.45, 2.75) is 13.5 Å². The van der Waals surface area contributed by atoms with E-state index in [2.05, 4.69) is 41.7 Å². The molecular formula is C8H9OSi. The monoisotopic (exact) mass is 149 g/mol. The third-order valence-corrected chi connectivity index (χ3v) is 1.50. The Morgan fingerprint density at radius 2 is 1.90 bits per heavy atom. The molecule has 0 aliphatic carbocycles. The molecule has 0 spiro atoms. The molecule has 0 saturated carbocycles. The molecule has 0 heterocycles. The Morgan fingerprint density at radius 1 is 1.30 bits per heavy atom. The number of rotatable bonds is 2. The van der Waals surface area contributed by atoms with Crippen molar-refractivity contribution in [3.05, 3.63) is 35.4 Å². The predicted molar refractivity (Wildman–Crippen MR) is 41.7 cm³/mol. The Labute approximate surface area is 64.6 Å². The largest absolute Gasteiger partial charge is 0.414 e. The molecule has 0 saturated heterocycles. The van der Waals surface area contributed by atoms with Crippen LogP contribution in [0, 0.1) is 6.92 Å². The predicted octanol–water partition coefficient (Wildman–Crippen LogP) is 1.60. The first-order valence-electron chi connectivity index (χ1n) is 3.17. The van der Waals surface area contributed by atoms with E-state index in [1.54, 1.807) is 0 Å². The highest BCUT2D eigenvalue weighted by atomic mass is 28.2. The van der Waals surface area contributed by atoms with Crippen molar-refractivity contribution in [3.63, 3.8) is 0 Å². The van der Waals surface area contributed by atoms with Crippen LogP contribution >= 0.6 is 0 Å². The molecule has 1 nitrogen and oxygen atoms in total. The van der Waals surface area contributed by atoms with Crippen LogP contribution in [-0.2, 0) is 11.0 Å². The van der Waals surface area contributed by atoms with Gasteiger partial charge in [0.25, 0.3) is 0 Å². The molecule has 0 fully saturated rings. The van der Waals surface area contributed by atoms with Crippen molar-refractivity contribution in [3.8, 4) is 0 Å². The summed E-state index contributed by atoms with van der Waals surface area (Å²) in [5, 5.41) is 0. The van der Waals surface area contributed by atoms with Gasteiger partial charge in [0.1, 0.15) is 0 Å². The van der Waals surface area contributed by atoms with E-state index in [1.807, 2.05) is 0 Å². The van der Waals surface area contributed by atoms with Gasteiger partial charge >= 0.3 is 0 Å². The van der Waals surface area contributed by atoms with Crippen LogP contribution in [0.3, 0.4) is 0 Å². The van der Waals surface area contributed by atoms with E-state index in [4.69, 9.17) is 4.43 Å². The zero-order valence-corrected chi connectivity index (χ0v) is 6.92. The van der Waals surface area contributed by atoms with Crippen LogP contribution in [0.4, 0.5) is 0 Å². The first-order valence-corrected chi connectivity index (χ1v) is 3.58. The van der Waals surface area contributed by atoms with Crippen LogP contribution in [0.5, 0.6) is 0 Å². The first-order chi connectivity index (χ1) is 4.83. The second kappa shape index (κ2) is 3.54. The molecule has 1 aromatic carbocycles. The summed E-state index contributed by atoms with van der Waals surface area (Å²) in [6, 6.07) is 8.24. The highest BCUT2D eigenvalue weighted by Crippen LogP contribution is 2.02. The number of hydrogen-bond acceptors (Lipinski definition) is 1. The van der Waals surface area contributed by atoms with Crippen molar-refractivity contribution in [2.75, 3.05) is 0 Å². The van der Waals surface area contributed by atoms with E-state index in [-0.39, 0.29) is 0 Å². The van der Waals surface area contributed by atoms with E-state index >= 15 is 0 Å². The molecule has 2 heteroatoms. The van der Waals surface area contributed by atoms with Gasteiger partial charge in [-0.25, -0.2) is 0 Å². The van der Waals surface area contributed by atoms with Crippen LogP contribution in [0.25, 0.3) is 0 Å². The summed E-state index contributed by atoms with van der Waals surface area (Å²) in [4.78, 5) is 0. The Kier molecular flexibility index (Phi) is 2.65. The molecule has 0 N–H and O–H groups in total. The Bertz CT molecular complexity index is 193. The Hall–Kier alpha value is -0.603. The van der Waals surface area contributed by atoms with E-state index in [1.165, 1.54) is 11.1 Å². The molecule has 1 rings (SSSR count). The third-order valence-electron chi connectivity index (χ3n) is 1.36. The summed E-state index contributed by atoms with van der Waals surface area (Å²) in [7, 11) is 2.95. The maximum absolute atomic E-state index is 4.77. The van der Waals surface area contributed by atoms with Crippen molar-refractivity contribution >= 4 is 10.5 Å². The molecule has 0 aliphatic rings.